The second-order valence-corrected chi connectivity index (χ2v) is 3.39. The highest BCUT2D eigenvalue weighted by Crippen LogP contribution is 2.30. The lowest BCUT2D eigenvalue weighted by Crippen LogP contribution is -2.16. The second kappa shape index (κ2) is 6.75. The molecule has 0 spiro atoms. The summed E-state index contributed by atoms with van der Waals surface area (Å²) in [5.74, 6) is 1.14. The second-order valence-electron chi connectivity index (χ2n) is 3.39. The van der Waals surface area contributed by atoms with Gasteiger partial charge in [0.25, 0.3) is 0 Å². The van der Waals surface area contributed by atoms with Gasteiger partial charge in [0.1, 0.15) is 0 Å². The number of hydrogen-bond acceptors (Lipinski definition) is 4. The molecule has 1 amide bonds. The van der Waals surface area contributed by atoms with E-state index in [1.54, 1.807) is 25.3 Å². The fourth-order valence-electron chi connectivity index (χ4n) is 1.37. The molecular formula is C12H18N2O3. The summed E-state index contributed by atoms with van der Waals surface area (Å²) in [7, 11) is 1.56. The Morgan fingerprint density at radius 1 is 1.41 bits per heavy atom. The van der Waals surface area contributed by atoms with E-state index in [2.05, 4.69) is 5.32 Å². The largest absolute Gasteiger partial charge is 0.493 e. The van der Waals surface area contributed by atoms with Crippen molar-refractivity contribution in [1.29, 1.82) is 0 Å². The van der Waals surface area contributed by atoms with E-state index in [1.165, 1.54) is 0 Å². The summed E-state index contributed by atoms with van der Waals surface area (Å²) >= 11 is 0. The third kappa shape index (κ3) is 3.96. The number of nitrogens with one attached hydrogen (secondary N) is 1. The molecule has 0 atom stereocenters. The molecule has 0 saturated carbocycles. The third-order valence-corrected chi connectivity index (χ3v) is 2.12. The predicted molar refractivity (Wildman–Crippen MR) is 66.5 cm³/mol. The summed E-state index contributed by atoms with van der Waals surface area (Å²) in [6, 6.07) is 5.25. The number of rotatable bonds is 6. The van der Waals surface area contributed by atoms with Gasteiger partial charge in [-0.2, -0.15) is 0 Å². The number of hydrogen-bond donors (Lipinski definition) is 2. The van der Waals surface area contributed by atoms with Crippen LogP contribution in [0.4, 0.5) is 5.69 Å². The van der Waals surface area contributed by atoms with Crippen molar-refractivity contribution in [2.75, 3.05) is 25.6 Å². The van der Waals surface area contributed by atoms with Crippen molar-refractivity contribution < 1.29 is 14.3 Å². The van der Waals surface area contributed by atoms with E-state index in [0.717, 1.165) is 0 Å². The van der Waals surface area contributed by atoms with Crippen LogP contribution in [0.15, 0.2) is 18.2 Å². The number of nitrogens with two attached hydrogens (primary N) is 1. The zero-order chi connectivity index (χ0) is 12.7. The monoisotopic (exact) mass is 238 g/mol. The number of benzene rings is 1. The van der Waals surface area contributed by atoms with Crippen LogP contribution in [0.1, 0.15) is 13.3 Å². The van der Waals surface area contributed by atoms with Gasteiger partial charge >= 0.3 is 0 Å². The van der Waals surface area contributed by atoms with Gasteiger partial charge in [0.15, 0.2) is 11.5 Å². The van der Waals surface area contributed by atoms with Crippen LogP contribution in [0, 0.1) is 0 Å². The van der Waals surface area contributed by atoms with E-state index in [-0.39, 0.29) is 5.91 Å². The van der Waals surface area contributed by atoms with Crippen LogP contribution in [0.3, 0.4) is 0 Å². The third-order valence-electron chi connectivity index (χ3n) is 2.12. The van der Waals surface area contributed by atoms with E-state index < -0.39 is 0 Å². The first kappa shape index (κ1) is 13.3. The number of methoxy groups -OCH3 is 1. The molecule has 0 aliphatic rings. The standard InChI is InChI=1S/C12H18N2O3/c1-3-17-10-5-4-9(8-11(10)16-2)14-12(15)6-7-13/h4-5,8H,3,6-7,13H2,1-2H3,(H,14,15). The van der Waals surface area contributed by atoms with Gasteiger partial charge in [0.2, 0.25) is 5.91 Å². The normalized spacial score (nSPS) is 9.82. The average molecular weight is 238 g/mol. The Hall–Kier alpha value is -1.75. The molecule has 1 rings (SSSR count). The van der Waals surface area contributed by atoms with E-state index in [1.807, 2.05) is 6.92 Å². The van der Waals surface area contributed by atoms with Crippen molar-refractivity contribution >= 4 is 11.6 Å². The summed E-state index contributed by atoms with van der Waals surface area (Å²) in [6.07, 6.45) is 0.301. The zero-order valence-corrected chi connectivity index (χ0v) is 10.2. The smallest absolute Gasteiger partial charge is 0.225 e. The van der Waals surface area contributed by atoms with Gasteiger partial charge in [-0.1, -0.05) is 0 Å². The number of carbonyl (C=O) groups excluding carboxylic acids is 1. The minimum absolute atomic E-state index is 0.112. The summed E-state index contributed by atoms with van der Waals surface area (Å²) in [6.45, 7) is 2.80. The molecule has 0 aliphatic carbocycles. The average Bonchev–Trinajstić information content (AvgIpc) is 2.31. The van der Waals surface area contributed by atoms with E-state index in [0.29, 0.717) is 36.8 Å². The molecule has 3 N–H and O–H groups in total. The van der Waals surface area contributed by atoms with Gasteiger partial charge in [-0.05, 0) is 19.1 Å². The maximum atomic E-state index is 11.4. The number of anilines is 1. The van der Waals surface area contributed by atoms with Crippen molar-refractivity contribution in [3.05, 3.63) is 18.2 Å². The summed E-state index contributed by atoms with van der Waals surface area (Å²) in [5, 5.41) is 2.73. The van der Waals surface area contributed by atoms with Crippen molar-refractivity contribution in [3.63, 3.8) is 0 Å². The summed E-state index contributed by atoms with van der Waals surface area (Å²) in [5.41, 5.74) is 5.97. The fourth-order valence-corrected chi connectivity index (χ4v) is 1.37. The quantitative estimate of drug-likeness (QED) is 0.785. The molecule has 5 heteroatoms. The summed E-state index contributed by atoms with van der Waals surface area (Å²) < 4.78 is 10.6. The lowest BCUT2D eigenvalue weighted by molar-refractivity contribution is -0.116. The highest BCUT2D eigenvalue weighted by Gasteiger charge is 2.07. The van der Waals surface area contributed by atoms with Gasteiger partial charge in [-0.3, -0.25) is 4.79 Å². The van der Waals surface area contributed by atoms with Crippen molar-refractivity contribution in [2.24, 2.45) is 5.73 Å². The molecule has 0 aromatic heterocycles. The Balaban J connectivity index is 2.78. The first-order valence-electron chi connectivity index (χ1n) is 5.52. The topological polar surface area (TPSA) is 73.6 Å². The fraction of sp³-hybridized carbons (Fsp3) is 0.417. The molecule has 0 saturated heterocycles. The molecule has 1 aromatic rings. The lowest BCUT2D eigenvalue weighted by Gasteiger charge is -2.11. The maximum Gasteiger partial charge on any atom is 0.225 e. The van der Waals surface area contributed by atoms with Crippen molar-refractivity contribution in [3.8, 4) is 11.5 Å². The first-order chi connectivity index (χ1) is 8.21. The highest BCUT2D eigenvalue weighted by molar-refractivity contribution is 5.91. The van der Waals surface area contributed by atoms with Gasteiger partial charge in [-0.15, -0.1) is 0 Å². The Bertz CT molecular complexity index is 380. The molecule has 0 bridgehead atoms. The number of amides is 1. The van der Waals surface area contributed by atoms with Gasteiger partial charge in [0, 0.05) is 24.7 Å². The zero-order valence-electron chi connectivity index (χ0n) is 10.2. The molecule has 5 nitrogen and oxygen atoms in total. The molecule has 0 aliphatic heterocycles. The van der Waals surface area contributed by atoms with E-state index in [9.17, 15) is 4.79 Å². The van der Waals surface area contributed by atoms with Crippen LogP contribution in [0.25, 0.3) is 0 Å². The lowest BCUT2D eigenvalue weighted by atomic mass is 10.2. The van der Waals surface area contributed by atoms with Crippen molar-refractivity contribution in [2.45, 2.75) is 13.3 Å². The predicted octanol–water partition coefficient (Wildman–Crippen LogP) is 1.38. The Morgan fingerprint density at radius 3 is 2.76 bits per heavy atom. The van der Waals surface area contributed by atoms with E-state index >= 15 is 0 Å². The summed E-state index contributed by atoms with van der Waals surface area (Å²) in [4.78, 5) is 11.4. The molecule has 94 valence electrons. The van der Waals surface area contributed by atoms with Gasteiger partial charge < -0.3 is 20.5 Å². The Kier molecular flexibility index (Phi) is 5.29. The van der Waals surface area contributed by atoms with Crippen LogP contribution >= 0.6 is 0 Å². The Morgan fingerprint density at radius 2 is 2.18 bits per heavy atom. The number of ether oxygens (including phenoxy) is 2. The van der Waals surface area contributed by atoms with E-state index in [4.69, 9.17) is 15.2 Å². The highest BCUT2D eigenvalue weighted by atomic mass is 16.5. The molecule has 1 aromatic carbocycles. The molecule has 17 heavy (non-hydrogen) atoms. The van der Waals surface area contributed by atoms with Crippen LogP contribution in [0.5, 0.6) is 11.5 Å². The van der Waals surface area contributed by atoms with Crippen LogP contribution < -0.4 is 20.5 Å². The molecule has 0 heterocycles. The van der Waals surface area contributed by atoms with Crippen LogP contribution in [-0.4, -0.2) is 26.2 Å². The maximum absolute atomic E-state index is 11.4. The minimum Gasteiger partial charge on any atom is -0.493 e. The minimum atomic E-state index is -0.112. The first-order valence-corrected chi connectivity index (χ1v) is 5.52. The number of carbonyl (C=O) groups is 1. The van der Waals surface area contributed by atoms with Gasteiger partial charge in [0.05, 0.1) is 13.7 Å². The van der Waals surface area contributed by atoms with Gasteiger partial charge in [-0.25, -0.2) is 0 Å². The SMILES string of the molecule is CCOc1ccc(NC(=O)CCN)cc1OC. The molecule has 0 unspecified atom stereocenters. The van der Waals surface area contributed by atoms with Crippen molar-refractivity contribution in [1.82, 2.24) is 0 Å². The molecule has 0 radical (unpaired) electrons. The molecular weight excluding hydrogens is 220 g/mol. The Labute approximate surface area is 101 Å². The van der Waals surface area contributed by atoms with Crippen LogP contribution in [0.2, 0.25) is 0 Å². The van der Waals surface area contributed by atoms with Crippen LogP contribution in [-0.2, 0) is 4.79 Å². The molecule has 0 fully saturated rings.